The van der Waals surface area contributed by atoms with Gasteiger partial charge in [-0.25, -0.2) is 0 Å². The summed E-state index contributed by atoms with van der Waals surface area (Å²) in [5, 5.41) is 3.78. The van der Waals surface area contributed by atoms with Gasteiger partial charge in [0.25, 0.3) is 0 Å². The fourth-order valence-electron chi connectivity index (χ4n) is 4.38. The molecule has 0 spiro atoms. The third-order valence-electron chi connectivity index (χ3n) is 5.68. The van der Waals surface area contributed by atoms with Crippen LogP contribution in [-0.2, 0) is 11.3 Å². The van der Waals surface area contributed by atoms with Gasteiger partial charge in [-0.15, -0.1) is 0 Å². The Bertz CT molecular complexity index is 823. The van der Waals surface area contributed by atoms with Crippen LogP contribution in [0.1, 0.15) is 44.1 Å². The van der Waals surface area contributed by atoms with E-state index in [1.54, 1.807) is 6.20 Å². The Kier molecular flexibility index (Phi) is 4.57. The van der Waals surface area contributed by atoms with Crippen molar-refractivity contribution < 1.29 is 4.79 Å². The zero-order chi connectivity index (χ0) is 17.2. The molecular formula is C20H25N3O2. The van der Waals surface area contributed by atoms with Crippen LogP contribution in [0.2, 0.25) is 0 Å². The van der Waals surface area contributed by atoms with Crippen LogP contribution in [0.4, 0.5) is 0 Å². The lowest BCUT2D eigenvalue weighted by atomic mass is 10.1. The summed E-state index contributed by atoms with van der Waals surface area (Å²) in [6.45, 7) is 1.56. The van der Waals surface area contributed by atoms with Gasteiger partial charge in [0.05, 0.1) is 6.04 Å². The highest BCUT2D eigenvalue weighted by Crippen LogP contribution is 2.30. The molecule has 1 amide bonds. The summed E-state index contributed by atoms with van der Waals surface area (Å²) in [6.07, 6.45) is 8.81. The molecule has 2 aromatic rings. The summed E-state index contributed by atoms with van der Waals surface area (Å²) in [7, 11) is 0. The lowest BCUT2D eigenvalue weighted by Gasteiger charge is -2.29. The molecule has 1 aromatic heterocycles. The maximum Gasteiger partial charge on any atom is 0.237 e. The molecule has 1 aliphatic carbocycles. The van der Waals surface area contributed by atoms with E-state index in [1.807, 2.05) is 18.2 Å². The number of hydrogen-bond acceptors (Lipinski definition) is 3. The van der Waals surface area contributed by atoms with Crippen molar-refractivity contribution >= 4 is 16.8 Å². The summed E-state index contributed by atoms with van der Waals surface area (Å²) in [6, 6.07) is 7.85. The standard InChI is InChI=1S/C20H25N3O2/c24-19-9-10-21-17-12-14(7-8-16(17)19)13-22-20(25)18-6-3-11-23(18)15-4-1-2-5-15/h7-10,12,15,18H,1-6,11,13H2,(H,21,24)(H,22,25)/t18-/m1/s1. The molecule has 2 N–H and O–H groups in total. The van der Waals surface area contributed by atoms with E-state index in [4.69, 9.17) is 0 Å². The van der Waals surface area contributed by atoms with E-state index in [9.17, 15) is 9.59 Å². The van der Waals surface area contributed by atoms with Gasteiger partial charge in [0, 0.05) is 35.8 Å². The summed E-state index contributed by atoms with van der Waals surface area (Å²) in [4.78, 5) is 30.0. The second-order valence-corrected chi connectivity index (χ2v) is 7.27. The monoisotopic (exact) mass is 339 g/mol. The third kappa shape index (κ3) is 3.33. The van der Waals surface area contributed by atoms with Gasteiger partial charge in [-0.2, -0.15) is 0 Å². The minimum atomic E-state index is 0.0162. The normalized spacial score (nSPS) is 21.8. The number of carbonyl (C=O) groups excluding carboxylic acids is 1. The number of benzene rings is 1. The van der Waals surface area contributed by atoms with E-state index in [0.29, 0.717) is 18.0 Å². The predicted octanol–water partition coefficient (Wildman–Crippen LogP) is 2.55. The van der Waals surface area contributed by atoms with Crippen LogP contribution in [0.5, 0.6) is 0 Å². The van der Waals surface area contributed by atoms with E-state index in [0.717, 1.165) is 30.5 Å². The fourth-order valence-corrected chi connectivity index (χ4v) is 4.38. The van der Waals surface area contributed by atoms with Crippen molar-refractivity contribution in [1.82, 2.24) is 15.2 Å². The SMILES string of the molecule is O=C(NCc1ccc2c(=O)cc[nH]c2c1)[C@H]1CCCN1C1CCCC1. The largest absolute Gasteiger partial charge is 0.361 e. The number of amides is 1. The molecule has 0 unspecified atom stereocenters. The maximum atomic E-state index is 12.7. The van der Waals surface area contributed by atoms with Gasteiger partial charge in [0.2, 0.25) is 5.91 Å². The molecule has 25 heavy (non-hydrogen) atoms. The number of aromatic nitrogens is 1. The van der Waals surface area contributed by atoms with E-state index in [2.05, 4.69) is 15.2 Å². The molecule has 4 rings (SSSR count). The molecule has 1 saturated carbocycles. The number of pyridine rings is 1. The Morgan fingerprint density at radius 2 is 2.00 bits per heavy atom. The molecular weight excluding hydrogens is 314 g/mol. The Labute approximate surface area is 147 Å². The van der Waals surface area contributed by atoms with Crippen LogP contribution in [0.25, 0.3) is 10.9 Å². The molecule has 2 heterocycles. The zero-order valence-electron chi connectivity index (χ0n) is 14.5. The Hall–Kier alpha value is -2.14. The van der Waals surface area contributed by atoms with Gasteiger partial charge in [-0.3, -0.25) is 14.5 Å². The second-order valence-electron chi connectivity index (χ2n) is 7.27. The number of nitrogens with zero attached hydrogens (tertiary/aromatic N) is 1. The molecule has 0 radical (unpaired) electrons. The highest BCUT2D eigenvalue weighted by atomic mass is 16.2. The molecule has 1 aliphatic heterocycles. The third-order valence-corrected chi connectivity index (χ3v) is 5.68. The van der Waals surface area contributed by atoms with Gasteiger partial charge < -0.3 is 10.3 Å². The first-order valence-electron chi connectivity index (χ1n) is 9.36. The molecule has 132 valence electrons. The Balaban J connectivity index is 1.42. The highest BCUT2D eigenvalue weighted by molar-refractivity contribution is 5.82. The highest BCUT2D eigenvalue weighted by Gasteiger charge is 2.36. The first-order chi connectivity index (χ1) is 12.2. The predicted molar refractivity (Wildman–Crippen MR) is 98.4 cm³/mol. The molecule has 1 atom stereocenters. The topological polar surface area (TPSA) is 65.2 Å². The minimum Gasteiger partial charge on any atom is -0.361 e. The zero-order valence-corrected chi connectivity index (χ0v) is 14.5. The minimum absolute atomic E-state index is 0.0162. The van der Waals surface area contributed by atoms with Gasteiger partial charge >= 0.3 is 0 Å². The molecule has 1 saturated heterocycles. The molecule has 5 heteroatoms. The molecule has 1 aromatic carbocycles. The average molecular weight is 339 g/mol. The second kappa shape index (κ2) is 7.00. The number of H-pyrrole nitrogens is 1. The van der Waals surface area contributed by atoms with Crippen molar-refractivity contribution in [3.63, 3.8) is 0 Å². The Morgan fingerprint density at radius 1 is 1.16 bits per heavy atom. The van der Waals surface area contributed by atoms with E-state index in [-0.39, 0.29) is 17.4 Å². The molecule has 2 fully saturated rings. The lowest BCUT2D eigenvalue weighted by Crippen LogP contribution is -2.46. The maximum absolute atomic E-state index is 12.7. The van der Waals surface area contributed by atoms with E-state index in [1.165, 1.54) is 31.7 Å². The van der Waals surface area contributed by atoms with Crippen LogP contribution in [0, 0.1) is 0 Å². The molecule has 2 aliphatic rings. The number of aromatic amines is 1. The van der Waals surface area contributed by atoms with Crippen LogP contribution in [0.3, 0.4) is 0 Å². The van der Waals surface area contributed by atoms with Crippen molar-refractivity contribution in [3.05, 3.63) is 46.2 Å². The fraction of sp³-hybridized carbons (Fsp3) is 0.500. The smallest absolute Gasteiger partial charge is 0.237 e. The first kappa shape index (κ1) is 16.3. The number of rotatable bonds is 4. The summed E-state index contributed by atoms with van der Waals surface area (Å²) < 4.78 is 0. The number of carbonyl (C=O) groups is 1. The van der Waals surface area contributed by atoms with Gasteiger partial charge in [-0.05, 0) is 49.9 Å². The summed E-state index contributed by atoms with van der Waals surface area (Å²) >= 11 is 0. The van der Waals surface area contributed by atoms with Crippen LogP contribution in [-0.4, -0.2) is 34.4 Å². The van der Waals surface area contributed by atoms with Crippen LogP contribution in [0.15, 0.2) is 35.3 Å². The van der Waals surface area contributed by atoms with Crippen molar-refractivity contribution in [3.8, 4) is 0 Å². The van der Waals surface area contributed by atoms with Crippen LogP contribution < -0.4 is 10.7 Å². The van der Waals surface area contributed by atoms with Crippen molar-refractivity contribution in [1.29, 1.82) is 0 Å². The van der Waals surface area contributed by atoms with Crippen molar-refractivity contribution in [2.75, 3.05) is 6.54 Å². The number of nitrogens with one attached hydrogen (secondary N) is 2. The summed E-state index contributed by atoms with van der Waals surface area (Å²) in [5.41, 5.74) is 1.84. The first-order valence-corrected chi connectivity index (χ1v) is 9.36. The van der Waals surface area contributed by atoms with Gasteiger partial charge in [0.1, 0.15) is 0 Å². The molecule has 0 bridgehead atoms. The lowest BCUT2D eigenvalue weighted by molar-refractivity contribution is -0.126. The van der Waals surface area contributed by atoms with E-state index >= 15 is 0 Å². The van der Waals surface area contributed by atoms with Gasteiger partial charge in [-0.1, -0.05) is 18.9 Å². The quantitative estimate of drug-likeness (QED) is 0.900. The van der Waals surface area contributed by atoms with Gasteiger partial charge in [0.15, 0.2) is 5.43 Å². The number of hydrogen-bond donors (Lipinski definition) is 2. The van der Waals surface area contributed by atoms with Crippen molar-refractivity contribution in [2.45, 2.75) is 57.2 Å². The average Bonchev–Trinajstić information content (AvgIpc) is 3.30. The number of likely N-dealkylation sites (tertiary alicyclic amines) is 1. The van der Waals surface area contributed by atoms with Crippen molar-refractivity contribution in [2.24, 2.45) is 0 Å². The Morgan fingerprint density at radius 3 is 2.84 bits per heavy atom. The summed E-state index contributed by atoms with van der Waals surface area (Å²) in [5.74, 6) is 0.144. The molecule has 5 nitrogen and oxygen atoms in total. The number of fused-ring (bicyclic) bond motifs is 1. The van der Waals surface area contributed by atoms with Crippen LogP contribution >= 0.6 is 0 Å². The van der Waals surface area contributed by atoms with E-state index < -0.39 is 0 Å².